The number of anilines is 1. The molecule has 1 aromatic heterocycles. The summed E-state index contributed by atoms with van der Waals surface area (Å²) in [7, 11) is 0. The zero-order valence-corrected chi connectivity index (χ0v) is 12.5. The zero-order chi connectivity index (χ0) is 13.1. The Morgan fingerprint density at radius 1 is 1.61 bits per heavy atom. The maximum atomic E-state index is 11.6. The van der Waals surface area contributed by atoms with Gasteiger partial charge in [-0.1, -0.05) is 6.92 Å². The van der Waals surface area contributed by atoms with Crippen LogP contribution >= 0.6 is 23.1 Å². The van der Waals surface area contributed by atoms with Crippen molar-refractivity contribution in [1.29, 1.82) is 0 Å². The molecule has 1 aliphatic rings. The molecule has 2 atom stereocenters. The Balaban J connectivity index is 2.11. The molecule has 0 N–H and O–H groups in total. The normalized spacial score (nSPS) is 24.1. The van der Waals surface area contributed by atoms with Gasteiger partial charge in [-0.15, -0.1) is 11.3 Å². The van der Waals surface area contributed by atoms with Gasteiger partial charge in [-0.05, 0) is 13.8 Å². The van der Waals surface area contributed by atoms with Crippen molar-refractivity contribution in [3.8, 4) is 0 Å². The molecule has 0 saturated carbocycles. The second kappa shape index (κ2) is 5.93. The predicted octanol–water partition coefficient (Wildman–Crippen LogP) is 2.65. The van der Waals surface area contributed by atoms with Gasteiger partial charge in [0.1, 0.15) is 0 Å². The average Bonchev–Trinajstić information content (AvgIpc) is 2.82. The number of carbonyl (C=O) groups excluding carboxylic acids is 1. The van der Waals surface area contributed by atoms with Crippen LogP contribution in [0.25, 0.3) is 0 Å². The summed E-state index contributed by atoms with van der Waals surface area (Å²) in [5.41, 5.74) is 0.426. The number of hydrogen-bond donors (Lipinski definition) is 0. The van der Waals surface area contributed by atoms with Crippen LogP contribution < -0.4 is 4.90 Å². The monoisotopic (exact) mass is 286 g/mol. The molecule has 1 aromatic rings. The maximum absolute atomic E-state index is 11.6. The van der Waals surface area contributed by atoms with E-state index in [4.69, 9.17) is 4.74 Å². The third-order valence-corrected chi connectivity index (χ3v) is 5.32. The molecule has 0 aliphatic carbocycles. The number of thioether (sulfide) groups is 1. The lowest BCUT2D eigenvalue weighted by Gasteiger charge is -2.37. The van der Waals surface area contributed by atoms with Gasteiger partial charge in [0.15, 0.2) is 10.8 Å². The first-order chi connectivity index (χ1) is 8.63. The number of thiazole rings is 1. The largest absolute Gasteiger partial charge is 0.461 e. The molecule has 2 unspecified atom stereocenters. The number of esters is 1. The Bertz CT molecular complexity index is 422. The van der Waals surface area contributed by atoms with Crippen molar-refractivity contribution < 1.29 is 9.53 Å². The van der Waals surface area contributed by atoms with E-state index < -0.39 is 0 Å². The first-order valence-corrected chi connectivity index (χ1v) is 8.07. The predicted molar refractivity (Wildman–Crippen MR) is 76.8 cm³/mol. The van der Waals surface area contributed by atoms with Gasteiger partial charge in [-0.25, -0.2) is 9.78 Å². The van der Waals surface area contributed by atoms with E-state index >= 15 is 0 Å². The number of carbonyl (C=O) groups is 1. The van der Waals surface area contributed by atoms with E-state index in [2.05, 4.69) is 23.7 Å². The van der Waals surface area contributed by atoms with E-state index in [9.17, 15) is 4.79 Å². The van der Waals surface area contributed by atoms with Crippen LogP contribution in [0.15, 0.2) is 5.38 Å². The van der Waals surface area contributed by atoms with E-state index in [0.29, 0.717) is 23.6 Å². The summed E-state index contributed by atoms with van der Waals surface area (Å²) < 4.78 is 4.96. The van der Waals surface area contributed by atoms with Crippen LogP contribution in [-0.2, 0) is 4.74 Å². The Labute approximate surface area is 116 Å². The fourth-order valence-corrected chi connectivity index (χ4v) is 3.91. The van der Waals surface area contributed by atoms with Crippen molar-refractivity contribution in [1.82, 2.24) is 4.98 Å². The van der Waals surface area contributed by atoms with E-state index in [0.717, 1.165) is 17.4 Å². The van der Waals surface area contributed by atoms with Gasteiger partial charge < -0.3 is 9.64 Å². The van der Waals surface area contributed by atoms with Gasteiger partial charge >= 0.3 is 5.97 Å². The Morgan fingerprint density at radius 3 is 3.11 bits per heavy atom. The maximum Gasteiger partial charge on any atom is 0.357 e. The standard InChI is InChI=1S/C12H18N2O2S2/c1-4-16-11(15)10-7-18-12(13-10)14-5-6-17-9(3)8(14)2/h7-9H,4-6H2,1-3H3. The molecule has 1 aliphatic heterocycles. The molecular formula is C12H18N2O2S2. The highest BCUT2D eigenvalue weighted by atomic mass is 32.2. The summed E-state index contributed by atoms with van der Waals surface area (Å²) in [6.45, 7) is 7.63. The van der Waals surface area contributed by atoms with Gasteiger partial charge in [-0.3, -0.25) is 0 Å². The highest BCUT2D eigenvalue weighted by Gasteiger charge is 2.27. The summed E-state index contributed by atoms with van der Waals surface area (Å²) in [6.07, 6.45) is 0. The molecule has 0 spiro atoms. The molecule has 1 saturated heterocycles. The van der Waals surface area contributed by atoms with Crippen LogP contribution in [0.4, 0.5) is 5.13 Å². The van der Waals surface area contributed by atoms with E-state index in [1.54, 1.807) is 12.3 Å². The average molecular weight is 286 g/mol. The molecule has 6 heteroatoms. The number of ether oxygens (including phenoxy) is 1. The van der Waals surface area contributed by atoms with Crippen LogP contribution in [0.1, 0.15) is 31.3 Å². The fraction of sp³-hybridized carbons (Fsp3) is 0.667. The summed E-state index contributed by atoms with van der Waals surface area (Å²) in [4.78, 5) is 18.3. The SMILES string of the molecule is CCOC(=O)c1csc(N2CCSC(C)C2C)n1. The van der Waals surface area contributed by atoms with Crippen LogP contribution in [0, 0.1) is 0 Å². The lowest BCUT2D eigenvalue weighted by molar-refractivity contribution is 0.0520. The quantitative estimate of drug-likeness (QED) is 0.799. The van der Waals surface area contributed by atoms with Gasteiger partial charge in [0.05, 0.1) is 6.61 Å². The first-order valence-electron chi connectivity index (χ1n) is 6.14. The zero-order valence-electron chi connectivity index (χ0n) is 10.9. The molecule has 2 rings (SSSR count). The van der Waals surface area contributed by atoms with Crippen molar-refractivity contribution >= 4 is 34.2 Å². The molecule has 2 heterocycles. The highest BCUT2D eigenvalue weighted by molar-refractivity contribution is 8.00. The molecule has 0 amide bonds. The summed E-state index contributed by atoms with van der Waals surface area (Å²) >= 11 is 3.51. The third-order valence-electron chi connectivity index (χ3n) is 3.11. The second-order valence-electron chi connectivity index (χ2n) is 4.25. The first kappa shape index (κ1) is 13.7. The van der Waals surface area contributed by atoms with Crippen LogP contribution in [-0.4, -0.2) is 41.1 Å². The lowest BCUT2D eigenvalue weighted by Crippen LogP contribution is -2.44. The van der Waals surface area contributed by atoms with E-state index in [1.165, 1.54) is 11.3 Å². The molecule has 0 bridgehead atoms. The smallest absolute Gasteiger partial charge is 0.357 e. The van der Waals surface area contributed by atoms with Crippen LogP contribution in [0.3, 0.4) is 0 Å². The minimum Gasteiger partial charge on any atom is -0.461 e. The molecule has 4 nitrogen and oxygen atoms in total. The van der Waals surface area contributed by atoms with Gasteiger partial charge in [-0.2, -0.15) is 11.8 Å². The summed E-state index contributed by atoms with van der Waals surface area (Å²) in [5.74, 6) is 0.784. The van der Waals surface area contributed by atoms with Crippen molar-refractivity contribution in [3.05, 3.63) is 11.1 Å². The van der Waals surface area contributed by atoms with Crippen LogP contribution in [0.2, 0.25) is 0 Å². The summed E-state index contributed by atoms with van der Waals surface area (Å²) in [5, 5.41) is 3.30. The molecule has 18 heavy (non-hydrogen) atoms. The molecule has 100 valence electrons. The van der Waals surface area contributed by atoms with E-state index in [-0.39, 0.29) is 5.97 Å². The molecule has 0 radical (unpaired) electrons. The molecule has 0 aromatic carbocycles. The van der Waals surface area contributed by atoms with Crippen molar-refractivity contribution in [3.63, 3.8) is 0 Å². The van der Waals surface area contributed by atoms with Crippen molar-refractivity contribution in [2.24, 2.45) is 0 Å². The van der Waals surface area contributed by atoms with Crippen molar-refractivity contribution in [2.45, 2.75) is 32.1 Å². The minimum atomic E-state index is -0.327. The molecular weight excluding hydrogens is 268 g/mol. The Kier molecular flexibility index (Phi) is 4.50. The number of hydrogen-bond acceptors (Lipinski definition) is 6. The highest BCUT2D eigenvalue weighted by Crippen LogP contribution is 2.31. The minimum absolute atomic E-state index is 0.327. The topological polar surface area (TPSA) is 42.4 Å². The van der Waals surface area contributed by atoms with Crippen LogP contribution in [0.5, 0.6) is 0 Å². The summed E-state index contributed by atoms with van der Waals surface area (Å²) in [6, 6.07) is 0.449. The fourth-order valence-electron chi connectivity index (χ4n) is 1.90. The molecule has 1 fully saturated rings. The second-order valence-corrected chi connectivity index (χ2v) is 6.57. The van der Waals surface area contributed by atoms with Crippen molar-refractivity contribution in [2.75, 3.05) is 23.8 Å². The number of rotatable bonds is 3. The third kappa shape index (κ3) is 2.80. The van der Waals surface area contributed by atoms with E-state index in [1.807, 2.05) is 11.8 Å². The lowest BCUT2D eigenvalue weighted by atomic mass is 10.2. The van der Waals surface area contributed by atoms with Gasteiger partial charge in [0.25, 0.3) is 0 Å². The number of aromatic nitrogens is 1. The Hall–Kier alpha value is -0.750. The van der Waals surface area contributed by atoms with Gasteiger partial charge in [0.2, 0.25) is 0 Å². The number of nitrogens with zero attached hydrogens (tertiary/aromatic N) is 2. The van der Waals surface area contributed by atoms with Gasteiger partial charge in [0, 0.05) is 29.0 Å². The Morgan fingerprint density at radius 2 is 2.39 bits per heavy atom.